The lowest BCUT2D eigenvalue weighted by atomic mass is 9.86. The molecule has 3 rings (SSSR count). The second-order valence-corrected chi connectivity index (χ2v) is 12.6. The first kappa shape index (κ1) is 44.4. The van der Waals surface area contributed by atoms with Crippen LogP contribution in [-0.4, -0.2) is 114 Å². The monoisotopic (exact) mass is 766 g/mol. The van der Waals surface area contributed by atoms with Gasteiger partial charge in [0.15, 0.2) is 5.60 Å². The Kier molecular flexibility index (Phi) is 19.5. The lowest BCUT2D eigenvalue weighted by Gasteiger charge is -2.31. The van der Waals surface area contributed by atoms with Gasteiger partial charge in [-0.25, -0.2) is 4.98 Å². The van der Waals surface area contributed by atoms with Crippen LogP contribution in [0.5, 0.6) is 17.4 Å². The molecule has 300 valence electrons. The second kappa shape index (κ2) is 23.7. The van der Waals surface area contributed by atoms with Gasteiger partial charge in [-0.3, -0.25) is 4.79 Å². The van der Waals surface area contributed by atoms with Gasteiger partial charge in [0.2, 0.25) is 5.88 Å². The van der Waals surface area contributed by atoms with E-state index in [0.717, 1.165) is 29.0 Å². The van der Waals surface area contributed by atoms with Crippen LogP contribution in [0.2, 0.25) is 0 Å². The number of carbonyl (C=O) groups is 1. The number of alkyl halides is 3. The number of benzene rings is 2. The molecule has 3 aromatic rings. The summed E-state index contributed by atoms with van der Waals surface area (Å²) >= 11 is 0. The summed E-state index contributed by atoms with van der Waals surface area (Å²) in [5, 5.41) is 11.7. The molecule has 0 aliphatic carbocycles. The number of nitrogens with zero attached hydrogens (tertiary/aromatic N) is 1. The van der Waals surface area contributed by atoms with E-state index in [1.807, 2.05) is 55.5 Å². The van der Waals surface area contributed by atoms with Crippen LogP contribution < -0.4 is 19.5 Å². The Labute approximate surface area is 315 Å². The van der Waals surface area contributed by atoms with Gasteiger partial charge in [0.25, 0.3) is 5.91 Å². The molecule has 0 spiro atoms. The third-order valence-corrected chi connectivity index (χ3v) is 8.05. The minimum absolute atomic E-state index is 0.00430. The second-order valence-electron chi connectivity index (χ2n) is 12.6. The predicted octanol–water partition coefficient (Wildman–Crippen LogP) is 5.25. The van der Waals surface area contributed by atoms with E-state index in [1.54, 1.807) is 7.11 Å². The van der Waals surface area contributed by atoms with Gasteiger partial charge < -0.3 is 48.3 Å². The maximum absolute atomic E-state index is 13.5. The van der Waals surface area contributed by atoms with Gasteiger partial charge in [-0.1, -0.05) is 24.3 Å². The fourth-order valence-electron chi connectivity index (χ4n) is 5.10. The summed E-state index contributed by atoms with van der Waals surface area (Å²) in [5.74, 6) is 0.601. The number of nitrogens with one attached hydrogen (secondary N) is 1. The highest BCUT2D eigenvalue weighted by atomic mass is 19.4. The lowest BCUT2D eigenvalue weighted by Crippen LogP contribution is -2.51. The third-order valence-electron chi connectivity index (χ3n) is 8.05. The topological polar surface area (TPSA) is 136 Å². The van der Waals surface area contributed by atoms with E-state index in [4.69, 9.17) is 43.0 Å². The smallest absolute Gasteiger partial charge is 0.417 e. The zero-order chi connectivity index (χ0) is 39.2. The SMILES string of the molecule is COc1ccc(CC(c2cccc(OCCOCCOCCOCCOCCOCCO)c2)C(C)NC(=O)C(C)(C)Oc2ccc(C(F)(F)F)cn2)cc1. The summed E-state index contributed by atoms with van der Waals surface area (Å²) in [5.41, 5.74) is -0.408. The van der Waals surface area contributed by atoms with Crippen LogP contribution in [0, 0.1) is 0 Å². The Hall–Kier alpha value is -3.99. The molecule has 15 heteroatoms. The van der Waals surface area contributed by atoms with Crippen molar-refractivity contribution in [3.63, 3.8) is 0 Å². The number of aromatic nitrogens is 1. The molecule has 1 heterocycles. The van der Waals surface area contributed by atoms with Gasteiger partial charge in [-0.2, -0.15) is 13.2 Å². The highest BCUT2D eigenvalue weighted by molar-refractivity contribution is 5.85. The molecule has 0 saturated heterocycles. The molecular weight excluding hydrogens is 713 g/mol. The van der Waals surface area contributed by atoms with Gasteiger partial charge in [0, 0.05) is 24.2 Å². The van der Waals surface area contributed by atoms with Crippen LogP contribution >= 0.6 is 0 Å². The molecule has 0 aliphatic heterocycles. The van der Waals surface area contributed by atoms with Crippen LogP contribution in [-0.2, 0) is 41.1 Å². The molecule has 2 N–H and O–H groups in total. The molecule has 2 atom stereocenters. The molecule has 1 amide bonds. The van der Waals surface area contributed by atoms with Crippen molar-refractivity contribution in [2.75, 3.05) is 86.4 Å². The first-order chi connectivity index (χ1) is 25.9. The van der Waals surface area contributed by atoms with Crippen molar-refractivity contribution in [1.29, 1.82) is 0 Å². The number of aliphatic hydroxyl groups excluding tert-OH is 1. The van der Waals surface area contributed by atoms with Crippen LogP contribution in [0.1, 0.15) is 43.4 Å². The zero-order valence-electron chi connectivity index (χ0n) is 31.4. The number of ether oxygens (including phenoxy) is 8. The number of carbonyl (C=O) groups excluding carboxylic acids is 1. The average Bonchev–Trinajstić information content (AvgIpc) is 3.15. The van der Waals surface area contributed by atoms with Crippen molar-refractivity contribution in [2.45, 2.75) is 50.9 Å². The van der Waals surface area contributed by atoms with Crippen molar-refractivity contribution in [3.05, 3.63) is 83.6 Å². The van der Waals surface area contributed by atoms with Crippen molar-refractivity contribution >= 4 is 5.91 Å². The van der Waals surface area contributed by atoms with Gasteiger partial charge in [-0.15, -0.1) is 0 Å². The molecule has 0 radical (unpaired) electrons. The Morgan fingerprint density at radius 3 is 1.87 bits per heavy atom. The van der Waals surface area contributed by atoms with E-state index in [0.29, 0.717) is 91.0 Å². The average molecular weight is 767 g/mol. The summed E-state index contributed by atoms with van der Waals surface area (Å²) in [6, 6.07) is 16.9. The van der Waals surface area contributed by atoms with Crippen LogP contribution in [0.4, 0.5) is 13.2 Å². The molecule has 2 aromatic carbocycles. The van der Waals surface area contributed by atoms with Crippen LogP contribution in [0.25, 0.3) is 0 Å². The largest absolute Gasteiger partial charge is 0.497 e. The van der Waals surface area contributed by atoms with Gasteiger partial charge in [0.1, 0.15) is 18.1 Å². The number of methoxy groups -OCH3 is 1. The Bertz CT molecular complexity index is 1480. The van der Waals surface area contributed by atoms with Crippen LogP contribution in [0.3, 0.4) is 0 Å². The molecule has 54 heavy (non-hydrogen) atoms. The molecule has 0 aliphatic rings. The molecule has 2 unspecified atom stereocenters. The summed E-state index contributed by atoms with van der Waals surface area (Å²) < 4.78 is 83.1. The highest BCUT2D eigenvalue weighted by Crippen LogP contribution is 2.31. The number of hydrogen-bond acceptors (Lipinski definition) is 11. The van der Waals surface area contributed by atoms with Crippen LogP contribution in [0.15, 0.2) is 66.9 Å². The minimum Gasteiger partial charge on any atom is -0.497 e. The number of amides is 1. The maximum Gasteiger partial charge on any atom is 0.417 e. The highest BCUT2D eigenvalue weighted by Gasteiger charge is 2.35. The zero-order valence-corrected chi connectivity index (χ0v) is 31.4. The third kappa shape index (κ3) is 16.6. The van der Waals surface area contributed by atoms with E-state index in [1.165, 1.54) is 13.8 Å². The molecule has 1 aromatic heterocycles. The number of hydrogen-bond donors (Lipinski definition) is 2. The number of rotatable bonds is 27. The molecule has 12 nitrogen and oxygen atoms in total. The Balaban J connectivity index is 1.48. The summed E-state index contributed by atoms with van der Waals surface area (Å²) in [6.07, 6.45) is -3.29. The Morgan fingerprint density at radius 1 is 0.778 bits per heavy atom. The fraction of sp³-hybridized carbons (Fsp3) is 0.538. The summed E-state index contributed by atoms with van der Waals surface area (Å²) in [6.45, 7) is 9.41. The van der Waals surface area contributed by atoms with Gasteiger partial charge in [0.05, 0.1) is 85.3 Å². The minimum atomic E-state index is -4.54. The van der Waals surface area contributed by atoms with E-state index in [2.05, 4.69) is 10.3 Å². The molecule has 0 saturated carbocycles. The molecule has 0 fully saturated rings. The fourth-order valence-corrected chi connectivity index (χ4v) is 5.10. The number of aliphatic hydroxyl groups is 1. The maximum atomic E-state index is 13.5. The Morgan fingerprint density at radius 2 is 1.35 bits per heavy atom. The van der Waals surface area contributed by atoms with Gasteiger partial charge in [-0.05, 0) is 68.7 Å². The summed E-state index contributed by atoms with van der Waals surface area (Å²) in [4.78, 5) is 17.3. The number of halogens is 3. The normalized spacial score (nSPS) is 13.0. The predicted molar refractivity (Wildman–Crippen MR) is 194 cm³/mol. The van der Waals surface area contributed by atoms with Crippen molar-refractivity contribution in [1.82, 2.24) is 10.3 Å². The first-order valence-corrected chi connectivity index (χ1v) is 17.8. The van der Waals surface area contributed by atoms with E-state index in [9.17, 15) is 18.0 Å². The van der Waals surface area contributed by atoms with Gasteiger partial charge >= 0.3 is 6.18 Å². The number of pyridine rings is 1. The quantitative estimate of drug-likeness (QED) is 0.0986. The standard InChI is InChI=1S/C39H53F3N2O10/c1-29(44-37(46)38(2,3)54-36-13-10-32(28-43-36)39(40,41)42)35(26-30-8-11-33(47-4)12-9-30)31-6-5-7-34(27-31)53-25-24-52-23-22-51-21-20-50-19-18-49-17-16-48-15-14-45/h5-13,27-29,35,45H,14-26H2,1-4H3,(H,44,46). The molecular formula is C39H53F3N2O10. The summed E-state index contributed by atoms with van der Waals surface area (Å²) in [7, 11) is 1.60. The van der Waals surface area contributed by atoms with E-state index >= 15 is 0 Å². The van der Waals surface area contributed by atoms with Crippen molar-refractivity contribution < 1.29 is 61.0 Å². The van der Waals surface area contributed by atoms with Crippen molar-refractivity contribution in [2.24, 2.45) is 0 Å². The van der Waals surface area contributed by atoms with Crippen molar-refractivity contribution in [3.8, 4) is 17.4 Å². The van der Waals surface area contributed by atoms with E-state index < -0.39 is 29.3 Å². The molecule has 0 bridgehead atoms. The van der Waals surface area contributed by atoms with E-state index in [-0.39, 0.29) is 18.4 Å². The lowest BCUT2D eigenvalue weighted by molar-refractivity contribution is -0.138. The first-order valence-electron chi connectivity index (χ1n) is 17.8.